The predicted molar refractivity (Wildman–Crippen MR) is 125 cm³/mol. The van der Waals surface area contributed by atoms with Gasteiger partial charge in [-0.3, -0.25) is 9.36 Å². The third kappa shape index (κ3) is 3.70. The van der Waals surface area contributed by atoms with Gasteiger partial charge in [0.1, 0.15) is 22.1 Å². The Labute approximate surface area is 189 Å². The van der Waals surface area contributed by atoms with E-state index in [4.69, 9.17) is 0 Å². The monoisotopic (exact) mass is 439 g/mol. The molecule has 7 heteroatoms. The van der Waals surface area contributed by atoms with Crippen LogP contribution in [0.5, 0.6) is 0 Å². The topological polar surface area (TPSA) is 76.5 Å². The summed E-state index contributed by atoms with van der Waals surface area (Å²) in [6, 6.07) is 21.5. The molecule has 0 radical (unpaired) electrons. The zero-order valence-corrected chi connectivity index (χ0v) is 18.3. The molecule has 0 spiro atoms. The van der Waals surface area contributed by atoms with Gasteiger partial charge in [-0.25, -0.2) is 0 Å². The second-order valence-electron chi connectivity index (χ2n) is 7.69. The zero-order chi connectivity index (χ0) is 21.9. The molecule has 4 aromatic rings. The number of hydrogen-bond acceptors (Lipinski definition) is 5. The Bertz CT molecular complexity index is 1470. The minimum atomic E-state index is -0.150. The quantitative estimate of drug-likeness (QED) is 0.492. The predicted octanol–water partition coefficient (Wildman–Crippen LogP) is 2.77. The van der Waals surface area contributed by atoms with Crippen molar-refractivity contribution in [1.82, 2.24) is 19.3 Å². The normalized spacial score (nSPS) is 15.0. The molecule has 0 bridgehead atoms. The van der Waals surface area contributed by atoms with E-state index < -0.39 is 0 Å². The summed E-state index contributed by atoms with van der Waals surface area (Å²) in [6.45, 7) is 0.785. The first-order valence-electron chi connectivity index (χ1n) is 10.7. The number of fused-ring (bicyclic) bond motifs is 1. The maximum atomic E-state index is 13.5. The number of aryl methyl sites for hydroxylation is 1. The van der Waals surface area contributed by atoms with E-state index in [-0.39, 0.29) is 5.56 Å². The van der Waals surface area contributed by atoms with Gasteiger partial charge >= 0.3 is 0 Å². The third-order valence-electron chi connectivity index (χ3n) is 5.59. The van der Waals surface area contributed by atoms with Crippen LogP contribution in [0.3, 0.4) is 0 Å². The molecule has 158 valence electrons. The van der Waals surface area contributed by atoms with Crippen molar-refractivity contribution in [2.75, 3.05) is 0 Å². The van der Waals surface area contributed by atoms with E-state index in [1.807, 2.05) is 71.3 Å². The van der Waals surface area contributed by atoms with E-state index in [0.717, 1.165) is 49.3 Å². The Morgan fingerprint density at radius 2 is 1.75 bits per heavy atom. The van der Waals surface area contributed by atoms with Crippen LogP contribution in [-0.4, -0.2) is 19.3 Å². The number of nitriles is 1. The minimum absolute atomic E-state index is 0.150. The molecule has 2 aromatic heterocycles. The SMILES string of the molecule is N#CC(c1nnc2n1CCCCC2)=c1sc(=Cc2ccccc2)c(=O)n1-c1ccccc1. The highest BCUT2D eigenvalue weighted by atomic mass is 32.1. The summed E-state index contributed by atoms with van der Waals surface area (Å²) in [6.07, 6.45) is 5.96. The molecule has 5 rings (SSSR count). The smallest absolute Gasteiger partial charge is 0.273 e. The first kappa shape index (κ1) is 20.2. The lowest BCUT2D eigenvalue weighted by Gasteiger charge is -2.07. The molecule has 0 aliphatic carbocycles. The minimum Gasteiger partial charge on any atom is -0.310 e. The average Bonchev–Trinajstić information content (AvgIpc) is 3.27. The number of rotatable bonds is 3. The molecular formula is C25H21N5OS. The van der Waals surface area contributed by atoms with E-state index in [0.29, 0.717) is 20.6 Å². The van der Waals surface area contributed by atoms with E-state index in [1.165, 1.54) is 11.3 Å². The lowest BCUT2D eigenvalue weighted by Crippen LogP contribution is -2.31. The molecule has 1 aliphatic heterocycles. The highest BCUT2D eigenvalue weighted by molar-refractivity contribution is 7.07. The molecular weight excluding hydrogens is 418 g/mol. The lowest BCUT2D eigenvalue weighted by molar-refractivity contribution is 0.627. The second kappa shape index (κ2) is 8.77. The van der Waals surface area contributed by atoms with Crippen LogP contribution in [-0.2, 0) is 13.0 Å². The van der Waals surface area contributed by atoms with Crippen LogP contribution in [0.2, 0.25) is 0 Å². The molecule has 2 aromatic carbocycles. The number of nitrogens with zero attached hydrogens (tertiary/aromatic N) is 5. The molecule has 6 nitrogen and oxygen atoms in total. The van der Waals surface area contributed by atoms with E-state index in [1.54, 1.807) is 4.57 Å². The van der Waals surface area contributed by atoms with Crippen molar-refractivity contribution in [3.63, 3.8) is 0 Å². The second-order valence-corrected chi connectivity index (χ2v) is 8.72. The Kier molecular flexibility index (Phi) is 5.53. The Morgan fingerprint density at radius 1 is 1.00 bits per heavy atom. The van der Waals surface area contributed by atoms with Gasteiger partial charge in [0.25, 0.3) is 5.56 Å². The molecule has 0 unspecified atom stereocenters. The van der Waals surface area contributed by atoms with Crippen LogP contribution in [0.15, 0.2) is 65.5 Å². The van der Waals surface area contributed by atoms with Crippen molar-refractivity contribution < 1.29 is 0 Å². The summed E-state index contributed by atoms with van der Waals surface area (Å²) in [5.74, 6) is 1.45. The number of para-hydroxylation sites is 1. The van der Waals surface area contributed by atoms with Crippen molar-refractivity contribution in [1.29, 1.82) is 5.26 Å². The van der Waals surface area contributed by atoms with E-state index >= 15 is 0 Å². The van der Waals surface area contributed by atoms with Gasteiger partial charge in [0, 0.05) is 13.0 Å². The van der Waals surface area contributed by atoms with Crippen molar-refractivity contribution in [2.45, 2.75) is 32.2 Å². The molecule has 32 heavy (non-hydrogen) atoms. The maximum Gasteiger partial charge on any atom is 0.273 e. The molecule has 1 aliphatic rings. The summed E-state index contributed by atoms with van der Waals surface area (Å²) < 4.78 is 4.81. The highest BCUT2D eigenvalue weighted by Crippen LogP contribution is 2.18. The van der Waals surface area contributed by atoms with Gasteiger partial charge in [0.15, 0.2) is 5.82 Å². The summed E-state index contributed by atoms with van der Waals surface area (Å²) in [4.78, 5) is 13.5. The number of benzene rings is 2. The van der Waals surface area contributed by atoms with Crippen LogP contribution in [0.4, 0.5) is 0 Å². The maximum absolute atomic E-state index is 13.5. The fraction of sp³-hybridized carbons (Fsp3) is 0.200. The molecule has 0 N–H and O–H groups in total. The molecule has 0 atom stereocenters. The number of thiazole rings is 1. The zero-order valence-electron chi connectivity index (χ0n) is 17.4. The van der Waals surface area contributed by atoms with Crippen LogP contribution < -0.4 is 14.8 Å². The van der Waals surface area contributed by atoms with E-state index in [9.17, 15) is 10.1 Å². The Balaban J connectivity index is 1.84. The number of hydrogen-bond donors (Lipinski definition) is 0. The third-order valence-corrected chi connectivity index (χ3v) is 6.69. The van der Waals surface area contributed by atoms with Crippen LogP contribution >= 0.6 is 11.3 Å². The van der Waals surface area contributed by atoms with Gasteiger partial charge in [-0.15, -0.1) is 21.5 Å². The molecule has 0 amide bonds. The Hall–Kier alpha value is -3.76. The Morgan fingerprint density at radius 3 is 2.50 bits per heavy atom. The van der Waals surface area contributed by atoms with Crippen LogP contribution in [0.25, 0.3) is 17.3 Å². The summed E-state index contributed by atoms with van der Waals surface area (Å²) in [5.41, 5.74) is 1.89. The van der Waals surface area contributed by atoms with Gasteiger partial charge in [0.05, 0.1) is 10.2 Å². The van der Waals surface area contributed by atoms with E-state index in [2.05, 4.69) is 16.3 Å². The molecule has 0 fully saturated rings. The molecule has 3 heterocycles. The molecule has 0 saturated heterocycles. The van der Waals surface area contributed by atoms with Crippen molar-refractivity contribution in [2.24, 2.45) is 0 Å². The van der Waals surface area contributed by atoms with Crippen molar-refractivity contribution in [3.8, 4) is 11.8 Å². The average molecular weight is 440 g/mol. The van der Waals surface area contributed by atoms with Crippen molar-refractivity contribution >= 4 is 23.0 Å². The fourth-order valence-electron chi connectivity index (χ4n) is 4.03. The van der Waals surface area contributed by atoms with Gasteiger partial charge in [-0.2, -0.15) is 5.26 Å². The van der Waals surface area contributed by atoms with Gasteiger partial charge < -0.3 is 4.57 Å². The largest absolute Gasteiger partial charge is 0.310 e. The van der Waals surface area contributed by atoms with Crippen LogP contribution in [0.1, 0.15) is 36.5 Å². The summed E-state index contributed by atoms with van der Waals surface area (Å²) in [5, 5.41) is 18.9. The lowest BCUT2D eigenvalue weighted by atomic mass is 10.2. The number of aromatic nitrogens is 4. The van der Waals surface area contributed by atoms with Crippen LogP contribution in [0, 0.1) is 11.3 Å². The summed E-state index contributed by atoms with van der Waals surface area (Å²) in [7, 11) is 0. The standard InChI is InChI=1S/C25H21N5OS/c26-17-20(23-28-27-22-14-8-3-9-15-29(22)23)25-30(19-12-6-2-7-13-19)24(31)21(32-25)16-18-10-4-1-5-11-18/h1-2,4-7,10-13,16H,3,8-9,14-15H2. The highest BCUT2D eigenvalue weighted by Gasteiger charge is 2.21. The fourth-order valence-corrected chi connectivity index (χ4v) is 5.13. The van der Waals surface area contributed by atoms with Gasteiger partial charge in [0.2, 0.25) is 0 Å². The van der Waals surface area contributed by atoms with Gasteiger partial charge in [-0.05, 0) is 36.6 Å². The summed E-state index contributed by atoms with van der Waals surface area (Å²) >= 11 is 1.32. The van der Waals surface area contributed by atoms with Crippen molar-refractivity contribution in [3.05, 3.63) is 97.4 Å². The van der Waals surface area contributed by atoms with Gasteiger partial charge in [-0.1, -0.05) is 55.0 Å². The first-order valence-corrected chi connectivity index (χ1v) is 11.5. The molecule has 0 saturated carbocycles. The first-order chi connectivity index (χ1) is 15.8.